The third kappa shape index (κ3) is 3.04. The predicted molar refractivity (Wildman–Crippen MR) is 70.4 cm³/mol. The summed E-state index contributed by atoms with van der Waals surface area (Å²) in [4.78, 5) is 23.6. The molecule has 0 radical (unpaired) electrons. The highest BCUT2D eigenvalue weighted by atomic mass is 16.5. The highest BCUT2D eigenvalue weighted by Crippen LogP contribution is 2.17. The van der Waals surface area contributed by atoms with Gasteiger partial charge in [0.2, 0.25) is 0 Å². The summed E-state index contributed by atoms with van der Waals surface area (Å²) in [5.41, 5.74) is 2.85. The Kier molecular flexibility index (Phi) is 3.70. The number of aromatic nitrogens is 3. The van der Waals surface area contributed by atoms with Crippen molar-refractivity contribution in [3.63, 3.8) is 0 Å². The fraction of sp³-hybridized carbons (Fsp3) is 0.231. The van der Waals surface area contributed by atoms with Crippen LogP contribution in [0.5, 0.6) is 0 Å². The molecule has 0 fully saturated rings. The van der Waals surface area contributed by atoms with Gasteiger partial charge < -0.3 is 10.1 Å². The Hall–Kier alpha value is -2.50. The van der Waals surface area contributed by atoms with E-state index in [0.29, 0.717) is 5.82 Å². The lowest BCUT2D eigenvalue weighted by Gasteiger charge is -2.08. The molecular formula is C13H14N4O2. The Morgan fingerprint density at radius 1 is 1.21 bits per heavy atom. The second kappa shape index (κ2) is 5.43. The van der Waals surface area contributed by atoms with Gasteiger partial charge in [-0.15, -0.1) is 0 Å². The van der Waals surface area contributed by atoms with Crippen molar-refractivity contribution in [1.82, 2.24) is 15.0 Å². The van der Waals surface area contributed by atoms with Crippen LogP contribution in [0.3, 0.4) is 0 Å². The van der Waals surface area contributed by atoms with Gasteiger partial charge in [0, 0.05) is 5.69 Å². The quantitative estimate of drug-likeness (QED) is 0.849. The van der Waals surface area contributed by atoms with E-state index in [1.54, 1.807) is 0 Å². The number of rotatable bonds is 3. The molecule has 19 heavy (non-hydrogen) atoms. The van der Waals surface area contributed by atoms with Crippen LogP contribution in [-0.2, 0) is 4.74 Å². The second-order valence-corrected chi connectivity index (χ2v) is 3.99. The van der Waals surface area contributed by atoms with Crippen LogP contribution in [0.15, 0.2) is 24.5 Å². The molecule has 0 aliphatic rings. The van der Waals surface area contributed by atoms with Crippen molar-refractivity contribution in [3.8, 4) is 0 Å². The Balaban J connectivity index is 2.17. The van der Waals surface area contributed by atoms with Gasteiger partial charge >= 0.3 is 5.97 Å². The van der Waals surface area contributed by atoms with E-state index in [1.807, 2.05) is 26.0 Å². The Morgan fingerprint density at radius 2 is 2.00 bits per heavy atom. The molecule has 6 nitrogen and oxygen atoms in total. The molecule has 0 spiro atoms. The number of methoxy groups -OCH3 is 1. The number of ether oxygens (including phenoxy) is 1. The minimum atomic E-state index is -0.507. The number of nitrogens with one attached hydrogen (secondary N) is 1. The summed E-state index contributed by atoms with van der Waals surface area (Å²) >= 11 is 0. The minimum absolute atomic E-state index is 0.173. The van der Waals surface area contributed by atoms with Gasteiger partial charge in [-0.1, -0.05) is 0 Å². The van der Waals surface area contributed by atoms with E-state index in [4.69, 9.17) is 0 Å². The van der Waals surface area contributed by atoms with Crippen molar-refractivity contribution in [1.29, 1.82) is 0 Å². The van der Waals surface area contributed by atoms with E-state index in [2.05, 4.69) is 25.0 Å². The average Bonchev–Trinajstić information content (AvgIpc) is 2.42. The normalized spacial score (nSPS) is 10.1. The first-order valence-corrected chi connectivity index (χ1v) is 5.72. The van der Waals surface area contributed by atoms with Crippen LogP contribution in [0.25, 0.3) is 0 Å². The van der Waals surface area contributed by atoms with Crippen LogP contribution < -0.4 is 5.32 Å². The van der Waals surface area contributed by atoms with Crippen molar-refractivity contribution in [3.05, 3.63) is 41.6 Å². The van der Waals surface area contributed by atoms with Crippen molar-refractivity contribution in [2.24, 2.45) is 0 Å². The molecule has 0 aliphatic heterocycles. The fourth-order valence-corrected chi connectivity index (χ4v) is 1.56. The number of aryl methyl sites for hydroxylation is 2. The molecule has 0 saturated carbocycles. The Bertz CT molecular complexity index is 596. The predicted octanol–water partition coefficient (Wildman–Crippen LogP) is 2.02. The van der Waals surface area contributed by atoms with Crippen molar-refractivity contribution >= 4 is 17.5 Å². The molecule has 0 atom stereocenters. The van der Waals surface area contributed by atoms with Gasteiger partial charge in [-0.3, -0.25) is 4.98 Å². The number of pyridine rings is 1. The summed E-state index contributed by atoms with van der Waals surface area (Å²) in [6, 6.07) is 3.83. The largest absolute Gasteiger partial charge is 0.464 e. The van der Waals surface area contributed by atoms with Crippen LogP contribution in [0.1, 0.15) is 21.9 Å². The van der Waals surface area contributed by atoms with Gasteiger partial charge in [-0.05, 0) is 26.0 Å². The molecule has 0 aliphatic carbocycles. The summed E-state index contributed by atoms with van der Waals surface area (Å²) in [5.74, 6) is 0.0358. The van der Waals surface area contributed by atoms with Crippen LogP contribution in [0.4, 0.5) is 11.5 Å². The first-order chi connectivity index (χ1) is 9.10. The summed E-state index contributed by atoms with van der Waals surface area (Å²) in [5, 5.41) is 3.10. The first-order valence-electron chi connectivity index (χ1n) is 5.72. The highest BCUT2D eigenvalue weighted by molar-refractivity contribution is 5.86. The molecule has 0 amide bonds. The van der Waals surface area contributed by atoms with Gasteiger partial charge in [0.15, 0.2) is 5.69 Å². The zero-order valence-corrected chi connectivity index (χ0v) is 11.0. The molecular weight excluding hydrogens is 244 g/mol. The summed E-state index contributed by atoms with van der Waals surface area (Å²) in [6.07, 6.45) is 2.84. The van der Waals surface area contributed by atoms with Crippen molar-refractivity contribution in [2.45, 2.75) is 13.8 Å². The molecule has 0 aromatic carbocycles. The third-order valence-corrected chi connectivity index (χ3v) is 2.53. The zero-order chi connectivity index (χ0) is 13.8. The molecule has 1 N–H and O–H groups in total. The molecule has 0 bridgehead atoms. The topological polar surface area (TPSA) is 77.0 Å². The lowest BCUT2D eigenvalue weighted by Crippen LogP contribution is -2.06. The molecule has 2 aromatic rings. The number of nitrogens with zero attached hydrogens (tertiary/aromatic N) is 3. The van der Waals surface area contributed by atoms with Gasteiger partial charge in [-0.25, -0.2) is 14.8 Å². The summed E-state index contributed by atoms with van der Waals surface area (Å²) in [7, 11) is 1.30. The highest BCUT2D eigenvalue weighted by Gasteiger charge is 2.08. The summed E-state index contributed by atoms with van der Waals surface area (Å²) in [6.45, 7) is 3.84. The Labute approximate surface area is 110 Å². The monoisotopic (exact) mass is 258 g/mol. The van der Waals surface area contributed by atoms with E-state index in [1.165, 1.54) is 19.5 Å². The lowest BCUT2D eigenvalue weighted by atomic mass is 10.3. The number of hydrogen-bond acceptors (Lipinski definition) is 6. The maximum absolute atomic E-state index is 11.2. The van der Waals surface area contributed by atoms with Crippen LogP contribution in [0.2, 0.25) is 0 Å². The zero-order valence-electron chi connectivity index (χ0n) is 11.0. The van der Waals surface area contributed by atoms with Crippen LogP contribution in [0, 0.1) is 13.8 Å². The van der Waals surface area contributed by atoms with Crippen LogP contribution >= 0.6 is 0 Å². The van der Waals surface area contributed by atoms with E-state index < -0.39 is 5.97 Å². The fourth-order valence-electron chi connectivity index (χ4n) is 1.56. The molecule has 0 saturated heterocycles. The molecule has 2 aromatic heterocycles. The molecule has 2 rings (SSSR count). The number of anilines is 2. The van der Waals surface area contributed by atoms with E-state index in [-0.39, 0.29) is 5.69 Å². The van der Waals surface area contributed by atoms with E-state index >= 15 is 0 Å². The van der Waals surface area contributed by atoms with Crippen molar-refractivity contribution < 1.29 is 9.53 Å². The molecule has 0 unspecified atom stereocenters. The van der Waals surface area contributed by atoms with Gasteiger partial charge in [0.25, 0.3) is 0 Å². The summed E-state index contributed by atoms with van der Waals surface area (Å²) < 4.78 is 4.55. The first kappa shape index (κ1) is 12.9. The van der Waals surface area contributed by atoms with Gasteiger partial charge in [-0.2, -0.15) is 0 Å². The maximum Gasteiger partial charge on any atom is 0.358 e. The SMILES string of the molecule is COC(=O)c1cnc(Nc2ccc(C)nc2C)cn1. The van der Waals surface area contributed by atoms with Gasteiger partial charge in [0.05, 0.1) is 30.9 Å². The lowest BCUT2D eigenvalue weighted by molar-refractivity contribution is 0.0593. The molecule has 6 heteroatoms. The van der Waals surface area contributed by atoms with E-state index in [9.17, 15) is 4.79 Å². The number of carbonyl (C=O) groups excluding carboxylic acids is 1. The Morgan fingerprint density at radius 3 is 2.58 bits per heavy atom. The second-order valence-electron chi connectivity index (χ2n) is 3.99. The van der Waals surface area contributed by atoms with Crippen molar-refractivity contribution in [2.75, 3.05) is 12.4 Å². The molecule has 2 heterocycles. The smallest absolute Gasteiger partial charge is 0.358 e. The number of hydrogen-bond donors (Lipinski definition) is 1. The third-order valence-electron chi connectivity index (χ3n) is 2.53. The number of esters is 1. The standard InChI is InChI=1S/C13H14N4O2/c1-8-4-5-10(9(2)16-8)17-12-7-14-11(6-15-12)13(18)19-3/h4-7H,1-3H3,(H,15,17). The van der Waals surface area contributed by atoms with Gasteiger partial charge in [0.1, 0.15) is 5.82 Å². The minimum Gasteiger partial charge on any atom is -0.464 e. The maximum atomic E-state index is 11.2. The van der Waals surface area contributed by atoms with E-state index in [0.717, 1.165) is 17.1 Å². The van der Waals surface area contributed by atoms with Crippen LogP contribution in [-0.4, -0.2) is 28.0 Å². The average molecular weight is 258 g/mol. The molecule has 98 valence electrons. The number of carbonyl (C=O) groups is 1.